The molecule has 1 aliphatic heterocycles. The van der Waals surface area contributed by atoms with Crippen molar-refractivity contribution in [2.45, 2.75) is 39.3 Å². The molecule has 2 heteroatoms. The van der Waals surface area contributed by atoms with Crippen LogP contribution in [0, 0.1) is 5.41 Å². The summed E-state index contributed by atoms with van der Waals surface area (Å²) >= 11 is 0. The summed E-state index contributed by atoms with van der Waals surface area (Å²) in [5, 5.41) is 0. The monoisotopic (exact) mass is 204 g/mol. The van der Waals surface area contributed by atoms with Gasteiger partial charge in [-0.15, -0.1) is 13.2 Å². The second-order valence-corrected chi connectivity index (χ2v) is 9.92. The highest BCUT2D eigenvalue weighted by Crippen LogP contribution is 2.54. The number of halogens is 1. The Bertz CT molecular complexity index is 225. The summed E-state index contributed by atoms with van der Waals surface area (Å²) in [7, 11) is 0. The van der Waals surface area contributed by atoms with E-state index in [1.165, 1.54) is 0 Å². The Hall–Kier alpha value is 0.230. The summed E-state index contributed by atoms with van der Waals surface area (Å²) in [5.41, 5.74) is -1.14. The van der Waals surface area contributed by atoms with Crippen molar-refractivity contribution in [1.82, 2.24) is 0 Å². The molecule has 0 nitrogen and oxygen atoms in total. The van der Waals surface area contributed by atoms with Crippen LogP contribution < -0.4 is 0 Å². The third-order valence-corrected chi connectivity index (χ3v) is 6.05. The van der Waals surface area contributed by atoms with Crippen LogP contribution in [-0.4, -0.2) is 31.0 Å². The van der Waals surface area contributed by atoms with Gasteiger partial charge >= 0.3 is 0 Å². The zero-order valence-corrected chi connectivity index (χ0v) is 10.3. The van der Waals surface area contributed by atoms with Crippen LogP contribution in [-0.2, 0) is 0 Å². The van der Waals surface area contributed by atoms with Crippen LogP contribution in [0.25, 0.3) is 0 Å². The van der Waals surface area contributed by atoms with Gasteiger partial charge in [0.05, 0.1) is 0 Å². The van der Waals surface area contributed by atoms with Crippen molar-refractivity contribution in [3.05, 3.63) is 0 Å². The topological polar surface area (TPSA) is 0 Å². The van der Waals surface area contributed by atoms with Gasteiger partial charge in [0.1, 0.15) is 5.67 Å². The predicted molar refractivity (Wildman–Crippen MR) is 62.2 cm³/mol. The largest absolute Gasteiger partial charge is 0.243 e. The van der Waals surface area contributed by atoms with Crippen LogP contribution in [0.3, 0.4) is 0 Å². The standard InChI is InChI=1S/C11H22FP/c1-10(2,3)11(12)6-8-13(4,5)9-7-11/h4,6-9H2,1-3,5H3. The maximum Gasteiger partial charge on any atom is 0.116 e. The summed E-state index contributed by atoms with van der Waals surface area (Å²) in [5.74, 6) is 0. The Balaban J connectivity index is 2.73. The van der Waals surface area contributed by atoms with Gasteiger partial charge in [0.25, 0.3) is 0 Å². The number of rotatable bonds is 0. The van der Waals surface area contributed by atoms with Gasteiger partial charge in [-0.25, -0.2) is 4.39 Å². The van der Waals surface area contributed by atoms with Gasteiger partial charge in [-0.3, -0.25) is 0 Å². The lowest BCUT2D eigenvalue weighted by molar-refractivity contribution is 0.0200. The van der Waals surface area contributed by atoms with E-state index >= 15 is 0 Å². The van der Waals surface area contributed by atoms with E-state index in [0.29, 0.717) is 0 Å². The van der Waals surface area contributed by atoms with Crippen LogP contribution in [0.15, 0.2) is 0 Å². The molecule has 1 heterocycles. The van der Waals surface area contributed by atoms with Crippen molar-refractivity contribution in [3.63, 3.8) is 0 Å². The molecular formula is C11H22FP. The molecule has 0 aromatic carbocycles. The Labute approximate surface area is 81.9 Å². The first-order valence-corrected chi connectivity index (χ1v) is 7.83. The quantitative estimate of drug-likeness (QED) is 0.529. The average Bonchev–Trinajstić information content (AvgIpc) is 1.94. The van der Waals surface area contributed by atoms with E-state index in [-0.39, 0.29) is 5.41 Å². The van der Waals surface area contributed by atoms with Crippen molar-refractivity contribution >= 4 is 13.2 Å². The fourth-order valence-corrected chi connectivity index (χ4v) is 3.89. The third-order valence-electron chi connectivity index (χ3n) is 3.44. The molecule has 0 aromatic heterocycles. The van der Waals surface area contributed by atoms with Crippen molar-refractivity contribution in [1.29, 1.82) is 0 Å². The molecule has 0 radical (unpaired) electrons. The molecule has 1 saturated heterocycles. The van der Waals surface area contributed by atoms with E-state index in [2.05, 4.69) is 13.0 Å². The maximum absolute atomic E-state index is 14.4. The molecule has 0 bridgehead atoms. The average molecular weight is 204 g/mol. The molecule has 1 rings (SSSR count). The van der Waals surface area contributed by atoms with E-state index in [1.54, 1.807) is 0 Å². The fraction of sp³-hybridized carbons (Fsp3) is 0.909. The molecule has 13 heavy (non-hydrogen) atoms. The minimum absolute atomic E-state index is 0.201. The van der Waals surface area contributed by atoms with Gasteiger partial charge in [-0.05, 0) is 37.2 Å². The Morgan fingerprint density at radius 1 is 1.23 bits per heavy atom. The molecule has 0 amide bonds. The second-order valence-electron chi connectivity index (χ2n) is 5.78. The second kappa shape index (κ2) is 3.12. The summed E-state index contributed by atoms with van der Waals surface area (Å²) in [6.45, 7) is 7.30. The van der Waals surface area contributed by atoms with Crippen molar-refractivity contribution in [2.24, 2.45) is 5.41 Å². The van der Waals surface area contributed by atoms with Crippen LogP contribution in [0.1, 0.15) is 33.6 Å². The van der Waals surface area contributed by atoms with E-state index in [4.69, 9.17) is 0 Å². The molecule has 0 saturated carbocycles. The Kier molecular flexibility index (Phi) is 2.71. The molecule has 0 aromatic rings. The highest BCUT2D eigenvalue weighted by atomic mass is 31.2. The van der Waals surface area contributed by atoms with Crippen LogP contribution >= 0.6 is 6.89 Å². The molecule has 0 N–H and O–H groups in total. The fourth-order valence-electron chi connectivity index (χ4n) is 1.88. The highest BCUT2D eigenvalue weighted by Gasteiger charge is 2.44. The number of hydrogen-bond acceptors (Lipinski definition) is 0. The molecule has 0 unspecified atom stereocenters. The smallest absolute Gasteiger partial charge is 0.116 e. The minimum Gasteiger partial charge on any atom is -0.243 e. The maximum atomic E-state index is 14.4. The summed E-state index contributed by atoms with van der Waals surface area (Å²) in [4.78, 5) is 0. The third kappa shape index (κ3) is 2.37. The van der Waals surface area contributed by atoms with Crippen molar-refractivity contribution in [2.75, 3.05) is 19.0 Å². The van der Waals surface area contributed by atoms with Crippen LogP contribution in [0.4, 0.5) is 4.39 Å². The SMILES string of the molecule is C=P1(C)CCC(F)(C(C)(C)C)CC1. The van der Waals surface area contributed by atoms with Gasteiger partial charge in [0.2, 0.25) is 0 Å². The van der Waals surface area contributed by atoms with Gasteiger partial charge in [-0.1, -0.05) is 20.8 Å². The lowest BCUT2D eigenvalue weighted by Crippen LogP contribution is -2.42. The summed E-state index contributed by atoms with van der Waals surface area (Å²) in [6, 6.07) is 0. The number of hydrogen-bond donors (Lipinski definition) is 0. The highest BCUT2D eigenvalue weighted by molar-refractivity contribution is 7.73. The first kappa shape index (κ1) is 11.3. The lowest BCUT2D eigenvalue weighted by Gasteiger charge is -2.44. The molecule has 1 aliphatic rings. The molecule has 78 valence electrons. The van der Waals surface area contributed by atoms with Gasteiger partial charge < -0.3 is 0 Å². The van der Waals surface area contributed by atoms with E-state index in [0.717, 1.165) is 25.2 Å². The molecule has 1 fully saturated rings. The molecular weight excluding hydrogens is 182 g/mol. The lowest BCUT2D eigenvalue weighted by atomic mass is 9.74. The van der Waals surface area contributed by atoms with Crippen molar-refractivity contribution in [3.8, 4) is 0 Å². The normalized spacial score (nSPS) is 41.9. The zero-order chi connectivity index (χ0) is 10.3. The minimum atomic E-state index is -0.976. The van der Waals surface area contributed by atoms with E-state index in [9.17, 15) is 4.39 Å². The van der Waals surface area contributed by atoms with Crippen LogP contribution in [0.2, 0.25) is 0 Å². The van der Waals surface area contributed by atoms with Gasteiger partial charge in [0.15, 0.2) is 0 Å². The Morgan fingerprint density at radius 3 is 1.92 bits per heavy atom. The van der Waals surface area contributed by atoms with Crippen molar-refractivity contribution < 1.29 is 4.39 Å². The molecule has 0 atom stereocenters. The Morgan fingerprint density at radius 2 is 1.62 bits per heavy atom. The molecule has 0 spiro atoms. The zero-order valence-electron chi connectivity index (χ0n) is 9.36. The first-order chi connectivity index (χ1) is 5.66. The summed E-state index contributed by atoms with van der Waals surface area (Å²) in [6.07, 6.45) is 7.73. The summed E-state index contributed by atoms with van der Waals surface area (Å²) < 4.78 is 14.4. The number of alkyl halides is 1. The molecule has 0 aliphatic carbocycles. The van der Waals surface area contributed by atoms with Gasteiger partial charge in [0, 0.05) is 0 Å². The van der Waals surface area contributed by atoms with Crippen LogP contribution in [0.5, 0.6) is 0 Å². The van der Waals surface area contributed by atoms with Gasteiger partial charge in [-0.2, -0.15) is 0 Å². The van der Waals surface area contributed by atoms with E-state index in [1.807, 2.05) is 20.8 Å². The van der Waals surface area contributed by atoms with E-state index < -0.39 is 12.6 Å². The predicted octanol–water partition coefficient (Wildman–Crippen LogP) is 3.61. The first-order valence-electron chi connectivity index (χ1n) is 5.04.